The van der Waals surface area contributed by atoms with Gasteiger partial charge < -0.3 is 9.84 Å². The van der Waals surface area contributed by atoms with Gasteiger partial charge in [0, 0.05) is 11.6 Å². The van der Waals surface area contributed by atoms with Gasteiger partial charge in [0.15, 0.2) is 11.5 Å². The maximum Gasteiger partial charge on any atom is 0.435 e. The highest BCUT2D eigenvalue weighted by atomic mass is 19.4. The molecule has 0 aliphatic heterocycles. The highest BCUT2D eigenvalue weighted by Crippen LogP contribution is 2.42. The molecule has 1 aliphatic carbocycles. The van der Waals surface area contributed by atoms with Crippen molar-refractivity contribution in [2.24, 2.45) is 5.92 Å². The lowest BCUT2D eigenvalue weighted by atomic mass is 10.1. The summed E-state index contributed by atoms with van der Waals surface area (Å²) in [4.78, 5) is 12.4. The third kappa shape index (κ3) is 3.69. The summed E-state index contributed by atoms with van der Waals surface area (Å²) in [7, 11) is 0. The standard InChI is InChI=1S/C16H19F3N4O2/c1-8(15(24)20-14-9(2)22-25-10(14)3)7-23-12(11-4-5-11)6-13(21-23)16(17,18)19/h6,8,11H,4-5,7H2,1-3H3,(H,20,24). The van der Waals surface area contributed by atoms with E-state index in [1.54, 1.807) is 20.8 Å². The van der Waals surface area contributed by atoms with E-state index in [0.29, 0.717) is 22.8 Å². The zero-order chi connectivity index (χ0) is 18.4. The minimum Gasteiger partial charge on any atom is -0.359 e. The molecule has 0 aromatic carbocycles. The van der Waals surface area contributed by atoms with Crippen LogP contribution in [-0.4, -0.2) is 20.8 Å². The maximum absolute atomic E-state index is 12.9. The molecule has 2 heterocycles. The highest BCUT2D eigenvalue weighted by Gasteiger charge is 2.38. The molecule has 6 nitrogen and oxygen atoms in total. The Hall–Kier alpha value is -2.32. The SMILES string of the molecule is Cc1noc(C)c1NC(=O)C(C)Cn1nc(C(F)(F)F)cc1C1CC1. The highest BCUT2D eigenvalue weighted by molar-refractivity contribution is 5.93. The molecule has 1 aliphatic rings. The van der Waals surface area contributed by atoms with Crippen molar-refractivity contribution >= 4 is 11.6 Å². The first-order valence-corrected chi connectivity index (χ1v) is 8.05. The van der Waals surface area contributed by atoms with Crippen LogP contribution in [0.25, 0.3) is 0 Å². The molecule has 1 saturated carbocycles. The average molecular weight is 356 g/mol. The van der Waals surface area contributed by atoms with E-state index in [0.717, 1.165) is 18.9 Å². The van der Waals surface area contributed by atoms with E-state index >= 15 is 0 Å². The van der Waals surface area contributed by atoms with Crippen molar-refractivity contribution in [1.82, 2.24) is 14.9 Å². The summed E-state index contributed by atoms with van der Waals surface area (Å²) in [6, 6.07) is 1.09. The minimum atomic E-state index is -4.49. The third-order valence-corrected chi connectivity index (χ3v) is 4.27. The van der Waals surface area contributed by atoms with Gasteiger partial charge in [-0.15, -0.1) is 0 Å². The summed E-state index contributed by atoms with van der Waals surface area (Å²) in [5, 5.41) is 10.2. The van der Waals surface area contributed by atoms with E-state index in [9.17, 15) is 18.0 Å². The fourth-order valence-corrected chi connectivity index (χ4v) is 2.67. The second-order valence-corrected chi connectivity index (χ2v) is 6.50. The molecule has 9 heteroatoms. The Bertz CT molecular complexity index is 770. The number of rotatable bonds is 5. The van der Waals surface area contributed by atoms with E-state index in [4.69, 9.17) is 4.52 Å². The Labute approximate surface area is 142 Å². The zero-order valence-electron chi connectivity index (χ0n) is 14.1. The van der Waals surface area contributed by atoms with E-state index in [1.807, 2.05) is 0 Å². The molecule has 1 fully saturated rings. The van der Waals surface area contributed by atoms with Crippen LogP contribution in [-0.2, 0) is 17.5 Å². The lowest BCUT2D eigenvalue weighted by Gasteiger charge is -2.14. The molecule has 136 valence electrons. The van der Waals surface area contributed by atoms with E-state index in [2.05, 4.69) is 15.6 Å². The molecule has 0 bridgehead atoms. The van der Waals surface area contributed by atoms with Crippen LogP contribution in [0, 0.1) is 19.8 Å². The van der Waals surface area contributed by atoms with Gasteiger partial charge in [0.05, 0.1) is 12.5 Å². The summed E-state index contributed by atoms with van der Waals surface area (Å²) >= 11 is 0. The fourth-order valence-electron chi connectivity index (χ4n) is 2.67. The largest absolute Gasteiger partial charge is 0.435 e. The van der Waals surface area contributed by atoms with Crippen molar-refractivity contribution in [3.8, 4) is 0 Å². The lowest BCUT2D eigenvalue weighted by Crippen LogP contribution is -2.26. The van der Waals surface area contributed by atoms with E-state index < -0.39 is 17.8 Å². The first kappa shape index (κ1) is 17.5. The van der Waals surface area contributed by atoms with Crippen molar-refractivity contribution < 1.29 is 22.5 Å². The normalized spacial score (nSPS) is 16.1. The van der Waals surface area contributed by atoms with Crippen LogP contribution in [0.15, 0.2) is 10.6 Å². The van der Waals surface area contributed by atoms with Crippen molar-refractivity contribution in [2.75, 3.05) is 5.32 Å². The number of halogens is 3. The Kier molecular flexibility index (Phi) is 4.34. The topological polar surface area (TPSA) is 73.0 Å². The number of amides is 1. The zero-order valence-corrected chi connectivity index (χ0v) is 14.1. The number of aryl methyl sites for hydroxylation is 2. The monoisotopic (exact) mass is 356 g/mol. The van der Waals surface area contributed by atoms with Crippen LogP contribution >= 0.6 is 0 Å². The second kappa shape index (κ2) is 6.20. The van der Waals surface area contributed by atoms with Gasteiger partial charge in [-0.05, 0) is 32.8 Å². The van der Waals surface area contributed by atoms with Crippen molar-refractivity contribution in [3.05, 3.63) is 28.9 Å². The van der Waals surface area contributed by atoms with Crippen LogP contribution in [0.5, 0.6) is 0 Å². The minimum absolute atomic E-state index is 0.0805. The number of anilines is 1. The third-order valence-electron chi connectivity index (χ3n) is 4.27. The summed E-state index contributed by atoms with van der Waals surface area (Å²) < 4.78 is 45.1. The molecule has 2 aromatic rings. The molecule has 1 amide bonds. The lowest BCUT2D eigenvalue weighted by molar-refractivity contribution is -0.141. The average Bonchev–Trinajstić information content (AvgIpc) is 3.21. The van der Waals surface area contributed by atoms with Crippen LogP contribution in [0.1, 0.15) is 48.5 Å². The first-order valence-electron chi connectivity index (χ1n) is 8.05. The predicted octanol–water partition coefficient (Wildman–Crippen LogP) is 3.66. The number of hydrogen-bond donors (Lipinski definition) is 1. The number of carbonyl (C=O) groups excluding carboxylic acids is 1. The molecular formula is C16H19F3N4O2. The van der Waals surface area contributed by atoms with Gasteiger partial charge >= 0.3 is 6.18 Å². The molecule has 1 unspecified atom stereocenters. The molecule has 25 heavy (non-hydrogen) atoms. The van der Waals surface area contributed by atoms with E-state index in [-0.39, 0.29) is 18.4 Å². The van der Waals surface area contributed by atoms with Gasteiger partial charge in [-0.25, -0.2) is 0 Å². The summed E-state index contributed by atoms with van der Waals surface area (Å²) in [5.74, 6) is -0.302. The Morgan fingerprint density at radius 2 is 2.12 bits per heavy atom. The Morgan fingerprint density at radius 3 is 2.64 bits per heavy atom. The Morgan fingerprint density at radius 1 is 1.44 bits per heavy atom. The van der Waals surface area contributed by atoms with Crippen molar-refractivity contribution in [1.29, 1.82) is 0 Å². The summed E-state index contributed by atoms with van der Waals surface area (Å²) in [6.45, 7) is 5.11. The first-order chi connectivity index (χ1) is 11.7. The molecule has 1 atom stereocenters. The smallest absolute Gasteiger partial charge is 0.359 e. The number of carbonyl (C=O) groups is 1. The fraction of sp³-hybridized carbons (Fsp3) is 0.562. The number of nitrogens with zero attached hydrogens (tertiary/aromatic N) is 3. The quantitative estimate of drug-likeness (QED) is 0.887. The molecule has 1 N–H and O–H groups in total. The number of alkyl halides is 3. The molecule has 0 spiro atoms. The van der Waals surface area contributed by atoms with Gasteiger partial charge in [-0.2, -0.15) is 18.3 Å². The van der Waals surface area contributed by atoms with Gasteiger partial charge in [0.2, 0.25) is 5.91 Å². The van der Waals surface area contributed by atoms with Crippen LogP contribution in [0.3, 0.4) is 0 Å². The van der Waals surface area contributed by atoms with Gasteiger partial charge in [0.25, 0.3) is 0 Å². The Balaban J connectivity index is 1.75. The van der Waals surface area contributed by atoms with Crippen molar-refractivity contribution in [2.45, 2.75) is 52.3 Å². The molecule has 3 rings (SSSR count). The second-order valence-electron chi connectivity index (χ2n) is 6.50. The van der Waals surface area contributed by atoms with Gasteiger partial charge in [-0.1, -0.05) is 12.1 Å². The van der Waals surface area contributed by atoms with Crippen LogP contribution < -0.4 is 5.32 Å². The molecule has 0 radical (unpaired) electrons. The molecule has 0 saturated heterocycles. The number of hydrogen-bond acceptors (Lipinski definition) is 4. The van der Waals surface area contributed by atoms with E-state index in [1.165, 1.54) is 4.68 Å². The van der Waals surface area contributed by atoms with Crippen LogP contribution in [0.2, 0.25) is 0 Å². The van der Waals surface area contributed by atoms with Crippen molar-refractivity contribution in [3.63, 3.8) is 0 Å². The number of nitrogens with one attached hydrogen (secondary N) is 1. The summed E-state index contributed by atoms with van der Waals surface area (Å²) in [5.41, 5.74) is 0.683. The maximum atomic E-state index is 12.9. The predicted molar refractivity (Wildman–Crippen MR) is 83.0 cm³/mol. The number of aromatic nitrogens is 3. The summed E-state index contributed by atoms with van der Waals surface area (Å²) in [6.07, 6.45) is -2.79. The molecule has 2 aromatic heterocycles. The molecular weight excluding hydrogens is 337 g/mol. The van der Waals surface area contributed by atoms with Gasteiger partial charge in [-0.3, -0.25) is 9.48 Å². The van der Waals surface area contributed by atoms with Crippen LogP contribution in [0.4, 0.5) is 18.9 Å². The van der Waals surface area contributed by atoms with Gasteiger partial charge in [0.1, 0.15) is 11.4 Å².